The standard InChI is InChI=1S/C30H26N2S2/c1-21-13-17-25(18-14-21)31-27-28(32-26-19-15-22(2)16-20-26)30(24-11-7-4-8-12-24)34-33-29(27)23-9-5-3-6-10-23/h3-20,29-30H,1-2H3. The van der Waals surface area contributed by atoms with Gasteiger partial charge in [0, 0.05) is 0 Å². The average Bonchev–Trinajstić information content (AvgIpc) is 2.88. The molecule has 34 heavy (non-hydrogen) atoms. The van der Waals surface area contributed by atoms with Crippen molar-refractivity contribution < 1.29 is 0 Å². The van der Waals surface area contributed by atoms with Crippen LogP contribution in [0, 0.1) is 13.8 Å². The zero-order valence-electron chi connectivity index (χ0n) is 19.3. The summed E-state index contributed by atoms with van der Waals surface area (Å²) in [5.41, 5.74) is 8.90. The largest absolute Gasteiger partial charge is 0.250 e. The highest BCUT2D eigenvalue weighted by molar-refractivity contribution is 8.77. The molecule has 1 fully saturated rings. The van der Waals surface area contributed by atoms with E-state index in [1.807, 2.05) is 21.6 Å². The van der Waals surface area contributed by atoms with Gasteiger partial charge >= 0.3 is 0 Å². The SMILES string of the molecule is Cc1ccc(N=C2C(=Nc3ccc(C)cc3)C(c3ccccc3)SSC2c2ccccc2)cc1. The second kappa shape index (κ2) is 10.5. The third kappa shape index (κ3) is 5.19. The highest BCUT2D eigenvalue weighted by atomic mass is 33.1. The lowest BCUT2D eigenvalue weighted by Crippen LogP contribution is -2.28. The van der Waals surface area contributed by atoms with Crippen molar-refractivity contribution in [2.45, 2.75) is 24.3 Å². The fraction of sp³-hybridized carbons (Fsp3) is 0.133. The van der Waals surface area contributed by atoms with Gasteiger partial charge in [0.2, 0.25) is 0 Å². The van der Waals surface area contributed by atoms with Crippen molar-refractivity contribution in [2.24, 2.45) is 9.98 Å². The summed E-state index contributed by atoms with van der Waals surface area (Å²) >= 11 is 0. The Bertz CT molecular complexity index is 1190. The van der Waals surface area contributed by atoms with Crippen LogP contribution in [-0.4, -0.2) is 11.4 Å². The molecule has 168 valence electrons. The Morgan fingerprint density at radius 2 is 0.824 bits per heavy atom. The first-order valence-corrected chi connectivity index (χ1v) is 13.7. The van der Waals surface area contributed by atoms with Gasteiger partial charge in [-0.15, -0.1) is 0 Å². The fourth-order valence-corrected chi connectivity index (χ4v) is 7.07. The van der Waals surface area contributed by atoms with Crippen molar-refractivity contribution in [1.82, 2.24) is 0 Å². The van der Waals surface area contributed by atoms with E-state index in [0.717, 1.165) is 22.8 Å². The summed E-state index contributed by atoms with van der Waals surface area (Å²) in [5.74, 6) is 0. The molecular formula is C30H26N2S2. The normalized spacial score (nSPS) is 20.5. The van der Waals surface area contributed by atoms with Crippen molar-refractivity contribution >= 4 is 44.4 Å². The maximum atomic E-state index is 5.24. The summed E-state index contributed by atoms with van der Waals surface area (Å²) in [6.45, 7) is 4.21. The maximum Gasteiger partial charge on any atom is 0.0842 e. The van der Waals surface area contributed by atoms with Gasteiger partial charge in [0.25, 0.3) is 0 Å². The Balaban J connectivity index is 1.69. The molecule has 0 radical (unpaired) electrons. The second-order valence-corrected chi connectivity index (χ2v) is 10.9. The quantitative estimate of drug-likeness (QED) is 0.273. The average molecular weight is 479 g/mol. The molecule has 0 saturated carbocycles. The smallest absolute Gasteiger partial charge is 0.0842 e. The van der Waals surface area contributed by atoms with Gasteiger partial charge in [-0.1, -0.05) is 118 Å². The Labute approximate surface area is 209 Å². The van der Waals surface area contributed by atoms with Crippen LogP contribution in [0.5, 0.6) is 0 Å². The summed E-state index contributed by atoms with van der Waals surface area (Å²) in [5, 5.41) is 0.188. The van der Waals surface area contributed by atoms with E-state index in [2.05, 4.69) is 123 Å². The Hall–Kier alpha value is -3.08. The zero-order chi connectivity index (χ0) is 23.3. The number of nitrogens with zero attached hydrogens (tertiary/aromatic N) is 2. The number of rotatable bonds is 4. The van der Waals surface area contributed by atoms with Gasteiger partial charge in [0.15, 0.2) is 0 Å². The maximum absolute atomic E-state index is 5.24. The van der Waals surface area contributed by atoms with Crippen molar-refractivity contribution in [3.63, 3.8) is 0 Å². The molecular weight excluding hydrogens is 452 g/mol. The predicted molar refractivity (Wildman–Crippen MR) is 150 cm³/mol. The van der Waals surface area contributed by atoms with Crippen LogP contribution in [0.15, 0.2) is 119 Å². The number of hydrogen-bond donors (Lipinski definition) is 0. The van der Waals surface area contributed by atoms with E-state index in [1.54, 1.807) is 0 Å². The van der Waals surface area contributed by atoms with Crippen molar-refractivity contribution in [1.29, 1.82) is 0 Å². The summed E-state index contributed by atoms with van der Waals surface area (Å²) < 4.78 is 0. The predicted octanol–water partition coefficient (Wildman–Crippen LogP) is 9.03. The highest BCUT2D eigenvalue weighted by Crippen LogP contribution is 2.53. The molecule has 1 aliphatic rings. The monoisotopic (exact) mass is 478 g/mol. The molecule has 0 aromatic heterocycles. The molecule has 2 unspecified atom stereocenters. The molecule has 0 aliphatic carbocycles. The molecule has 4 aromatic rings. The van der Waals surface area contributed by atoms with E-state index < -0.39 is 0 Å². The first-order chi connectivity index (χ1) is 16.7. The molecule has 4 aromatic carbocycles. The van der Waals surface area contributed by atoms with Gasteiger partial charge in [-0.2, -0.15) is 0 Å². The molecule has 1 heterocycles. The summed E-state index contributed by atoms with van der Waals surface area (Å²) in [6.07, 6.45) is 0. The molecule has 0 spiro atoms. The van der Waals surface area contributed by atoms with Crippen molar-refractivity contribution in [3.8, 4) is 0 Å². The number of hydrogen-bond acceptors (Lipinski definition) is 4. The Morgan fingerprint density at radius 1 is 0.471 bits per heavy atom. The van der Waals surface area contributed by atoms with Crippen LogP contribution in [0.1, 0.15) is 32.8 Å². The minimum atomic E-state index is 0.0941. The van der Waals surface area contributed by atoms with E-state index in [0.29, 0.717) is 0 Å². The topological polar surface area (TPSA) is 24.7 Å². The molecule has 2 nitrogen and oxygen atoms in total. The second-order valence-electron chi connectivity index (χ2n) is 8.44. The molecule has 2 atom stereocenters. The van der Waals surface area contributed by atoms with Gasteiger partial charge < -0.3 is 0 Å². The van der Waals surface area contributed by atoms with Crippen LogP contribution in [0.3, 0.4) is 0 Å². The summed E-state index contributed by atoms with van der Waals surface area (Å²) in [4.78, 5) is 10.5. The summed E-state index contributed by atoms with van der Waals surface area (Å²) in [6, 6.07) is 38.1. The lowest BCUT2D eigenvalue weighted by Gasteiger charge is -2.31. The van der Waals surface area contributed by atoms with Crippen LogP contribution in [0.4, 0.5) is 11.4 Å². The third-order valence-corrected chi connectivity index (χ3v) is 8.75. The van der Waals surface area contributed by atoms with E-state index in [1.165, 1.54) is 22.3 Å². The molecule has 1 aliphatic heterocycles. The van der Waals surface area contributed by atoms with Gasteiger partial charge in [0.1, 0.15) is 0 Å². The minimum Gasteiger partial charge on any atom is -0.250 e. The molecule has 0 amide bonds. The zero-order valence-corrected chi connectivity index (χ0v) is 20.9. The molecule has 0 N–H and O–H groups in total. The van der Waals surface area contributed by atoms with E-state index in [4.69, 9.17) is 9.98 Å². The molecule has 4 heteroatoms. The van der Waals surface area contributed by atoms with Crippen molar-refractivity contribution in [3.05, 3.63) is 131 Å². The summed E-state index contributed by atoms with van der Waals surface area (Å²) in [7, 11) is 3.74. The molecule has 5 rings (SSSR count). The van der Waals surface area contributed by atoms with Gasteiger partial charge in [0.05, 0.1) is 33.3 Å². The lowest BCUT2D eigenvalue weighted by molar-refractivity contribution is 1.23. The van der Waals surface area contributed by atoms with Crippen LogP contribution in [0.2, 0.25) is 0 Å². The van der Waals surface area contributed by atoms with E-state index in [9.17, 15) is 0 Å². The highest BCUT2D eigenvalue weighted by Gasteiger charge is 2.36. The van der Waals surface area contributed by atoms with Crippen molar-refractivity contribution in [2.75, 3.05) is 0 Å². The minimum absolute atomic E-state index is 0.0941. The third-order valence-electron chi connectivity index (χ3n) is 5.78. The van der Waals surface area contributed by atoms with Crippen LogP contribution in [0.25, 0.3) is 0 Å². The fourth-order valence-electron chi connectivity index (χ4n) is 3.90. The van der Waals surface area contributed by atoms with Gasteiger partial charge in [-0.25, -0.2) is 9.98 Å². The molecule has 1 saturated heterocycles. The number of benzene rings is 4. The molecule has 0 bridgehead atoms. The number of aliphatic imine (C=N–C) groups is 2. The van der Waals surface area contributed by atoms with E-state index >= 15 is 0 Å². The van der Waals surface area contributed by atoms with Crippen LogP contribution in [-0.2, 0) is 0 Å². The Morgan fingerprint density at radius 3 is 1.18 bits per heavy atom. The van der Waals surface area contributed by atoms with Crippen LogP contribution < -0.4 is 0 Å². The van der Waals surface area contributed by atoms with E-state index in [-0.39, 0.29) is 10.5 Å². The lowest BCUT2D eigenvalue weighted by atomic mass is 9.98. The Kier molecular flexibility index (Phi) is 6.98. The first kappa shape index (κ1) is 22.7. The first-order valence-electron chi connectivity index (χ1n) is 11.4. The van der Waals surface area contributed by atoms with Gasteiger partial charge in [-0.3, -0.25) is 0 Å². The van der Waals surface area contributed by atoms with Gasteiger partial charge in [-0.05, 0) is 49.2 Å². The van der Waals surface area contributed by atoms with Crippen LogP contribution >= 0.6 is 21.6 Å². The number of aryl methyl sites for hydroxylation is 2.